The highest BCUT2D eigenvalue weighted by molar-refractivity contribution is 9.10. The first-order valence-corrected chi connectivity index (χ1v) is 8.75. The number of aromatic nitrogens is 2. The van der Waals surface area contributed by atoms with Gasteiger partial charge < -0.3 is 9.30 Å². The van der Waals surface area contributed by atoms with Crippen LogP contribution in [0, 0.1) is 0 Å². The molecule has 0 spiro atoms. The van der Waals surface area contributed by atoms with Crippen molar-refractivity contribution in [2.75, 3.05) is 13.7 Å². The lowest BCUT2D eigenvalue weighted by Gasteiger charge is -2.29. The maximum Gasteiger partial charge on any atom is 0.248 e. The van der Waals surface area contributed by atoms with Crippen LogP contribution >= 0.6 is 15.9 Å². The van der Waals surface area contributed by atoms with Gasteiger partial charge in [-0.3, -0.25) is 0 Å². The molecule has 6 heteroatoms. The summed E-state index contributed by atoms with van der Waals surface area (Å²) in [6, 6.07) is 6.07. The minimum absolute atomic E-state index is 0.0524. The highest BCUT2D eigenvalue weighted by Crippen LogP contribution is 2.42. The Labute approximate surface area is 143 Å². The van der Waals surface area contributed by atoms with Crippen LogP contribution in [0.5, 0.6) is 0 Å². The lowest BCUT2D eigenvalue weighted by atomic mass is 9.86. The molecular weight excluding hydrogens is 366 g/mol. The third kappa shape index (κ3) is 3.43. The number of halogens is 3. The third-order valence-electron chi connectivity index (χ3n) is 4.61. The molecule has 2 aromatic rings. The van der Waals surface area contributed by atoms with Crippen molar-refractivity contribution in [1.29, 1.82) is 0 Å². The number of fused-ring (bicyclic) bond motifs is 1. The molecule has 126 valence electrons. The SMILES string of the molecule is COC[C@H](C)n1c(C2CCC(F)(F)CC2)nc2ccc(Br)cc21. The number of ether oxygens (including phenoxy) is 1. The van der Waals surface area contributed by atoms with Crippen LogP contribution in [0.4, 0.5) is 8.78 Å². The number of benzene rings is 1. The van der Waals surface area contributed by atoms with Gasteiger partial charge in [0, 0.05) is 30.3 Å². The molecule has 1 atom stereocenters. The van der Waals surface area contributed by atoms with Crippen LogP contribution in [0.25, 0.3) is 11.0 Å². The van der Waals surface area contributed by atoms with Crippen molar-refractivity contribution in [2.45, 2.75) is 50.5 Å². The highest BCUT2D eigenvalue weighted by atomic mass is 79.9. The summed E-state index contributed by atoms with van der Waals surface area (Å²) in [5.74, 6) is -1.52. The van der Waals surface area contributed by atoms with E-state index >= 15 is 0 Å². The number of hydrogen-bond donors (Lipinski definition) is 0. The molecule has 1 aromatic heterocycles. The summed E-state index contributed by atoms with van der Waals surface area (Å²) in [4.78, 5) is 4.77. The van der Waals surface area contributed by atoms with Gasteiger partial charge in [0.1, 0.15) is 5.82 Å². The van der Waals surface area contributed by atoms with Crippen molar-refractivity contribution in [2.24, 2.45) is 0 Å². The number of rotatable bonds is 4. The van der Waals surface area contributed by atoms with Gasteiger partial charge in [0.25, 0.3) is 0 Å². The smallest absolute Gasteiger partial charge is 0.248 e. The van der Waals surface area contributed by atoms with E-state index in [9.17, 15) is 8.78 Å². The van der Waals surface area contributed by atoms with Crippen molar-refractivity contribution in [3.8, 4) is 0 Å². The molecule has 0 saturated heterocycles. The number of alkyl halides is 2. The summed E-state index contributed by atoms with van der Waals surface area (Å²) in [5.41, 5.74) is 1.93. The van der Waals surface area contributed by atoms with E-state index in [0.717, 1.165) is 21.3 Å². The minimum Gasteiger partial charge on any atom is -0.383 e. The van der Waals surface area contributed by atoms with E-state index in [2.05, 4.69) is 27.4 Å². The first-order valence-electron chi connectivity index (χ1n) is 7.95. The molecular formula is C17H21BrF2N2O. The molecule has 1 fully saturated rings. The van der Waals surface area contributed by atoms with Crippen molar-refractivity contribution in [3.63, 3.8) is 0 Å². The van der Waals surface area contributed by atoms with Crippen LogP contribution in [0.3, 0.4) is 0 Å². The number of methoxy groups -OCH3 is 1. The Morgan fingerprint density at radius 3 is 2.74 bits per heavy atom. The monoisotopic (exact) mass is 386 g/mol. The summed E-state index contributed by atoms with van der Waals surface area (Å²) in [7, 11) is 1.67. The number of hydrogen-bond acceptors (Lipinski definition) is 2. The van der Waals surface area contributed by atoms with Gasteiger partial charge in [-0.2, -0.15) is 0 Å². The van der Waals surface area contributed by atoms with Gasteiger partial charge in [0.05, 0.1) is 23.7 Å². The molecule has 1 heterocycles. The van der Waals surface area contributed by atoms with E-state index in [1.165, 1.54) is 0 Å². The second-order valence-corrected chi connectivity index (χ2v) is 7.32. The Kier molecular flexibility index (Phi) is 4.74. The van der Waals surface area contributed by atoms with Gasteiger partial charge >= 0.3 is 0 Å². The van der Waals surface area contributed by atoms with E-state index < -0.39 is 5.92 Å². The molecule has 0 N–H and O–H groups in total. The van der Waals surface area contributed by atoms with Gasteiger partial charge in [0.15, 0.2) is 0 Å². The van der Waals surface area contributed by atoms with E-state index in [4.69, 9.17) is 9.72 Å². The van der Waals surface area contributed by atoms with Gasteiger partial charge in [-0.05, 0) is 38.0 Å². The molecule has 1 aliphatic rings. The molecule has 0 radical (unpaired) electrons. The van der Waals surface area contributed by atoms with E-state index in [-0.39, 0.29) is 24.8 Å². The normalized spacial score (nSPS) is 20.0. The molecule has 1 aromatic carbocycles. The summed E-state index contributed by atoms with van der Waals surface area (Å²) >= 11 is 3.50. The first kappa shape index (κ1) is 16.8. The molecule has 0 aliphatic heterocycles. The van der Waals surface area contributed by atoms with Crippen molar-refractivity contribution >= 4 is 27.0 Å². The molecule has 0 bridgehead atoms. The topological polar surface area (TPSA) is 27.1 Å². The third-order valence-corrected chi connectivity index (χ3v) is 5.10. The molecule has 1 saturated carbocycles. The standard InChI is InChI=1S/C17H21BrF2N2O/c1-11(10-23-2)22-15-9-13(18)3-4-14(15)21-16(22)12-5-7-17(19,20)8-6-12/h3-4,9,11-12H,5-8,10H2,1-2H3/t11-/m0/s1. The molecule has 3 rings (SSSR count). The summed E-state index contributed by atoms with van der Waals surface area (Å²) in [5, 5.41) is 0. The van der Waals surface area contributed by atoms with E-state index in [0.29, 0.717) is 19.4 Å². The molecule has 0 amide bonds. The van der Waals surface area contributed by atoms with Crippen LogP contribution in [0.2, 0.25) is 0 Å². The first-order chi connectivity index (χ1) is 10.9. The number of nitrogens with zero attached hydrogens (tertiary/aromatic N) is 2. The predicted molar refractivity (Wildman–Crippen MR) is 90.2 cm³/mol. The fraction of sp³-hybridized carbons (Fsp3) is 0.588. The van der Waals surface area contributed by atoms with Crippen LogP contribution < -0.4 is 0 Å². The lowest BCUT2D eigenvalue weighted by Crippen LogP contribution is -2.26. The fourth-order valence-electron chi connectivity index (χ4n) is 3.45. The van der Waals surface area contributed by atoms with Crippen molar-refractivity contribution < 1.29 is 13.5 Å². The summed E-state index contributed by atoms with van der Waals surface area (Å²) < 4.78 is 35.4. The average Bonchev–Trinajstić information content (AvgIpc) is 2.86. The Balaban J connectivity index is 2.03. The van der Waals surface area contributed by atoms with Crippen LogP contribution in [0.15, 0.2) is 22.7 Å². The van der Waals surface area contributed by atoms with Crippen LogP contribution in [0.1, 0.15) is 50.4 Å². The second-order valence-electron chi connectivity index (χ2n) is 6.41. The van der Waals surface area contributed by atoms with Gasteiger partial charge in [-0.1, -0.05) is 15.9 Å². The minimum atomic E-state index is -2.52. The van der Waals surface area contributed by atoms with Crippen LogP contribution in [-0.2, 0) is 4.74 Å². The van der Waals surface area contributed by atoms with Crippen LogP contribution in [-0.4, -0.2) is 29.2 Å². The Bertz CT molecular complexity index is 691. The molecule has 3 nitrogen and oxygen atoms in total. The molecule has 23 heavy (non-hydrogen) atoms. The maximum absolute atomic E-state index is 13.5. The molecule has 0 unspecified atom stereocenters. The Morgan fingerprint density at radius 1 is 1.39 bits per heavy atom. The largest absolute Gasteiger partial charge is 0.383 e. The maximum atomic E-state index is 13.5. The zero-order chi connectivity index (χ0) is 16.6. The fourth-order valence-corrected chi connectivity index (χ4v) is 3.80. The summed E-state index contributed by atoms with van der Waals surface area (Å²) in [6.07, 6.45) is 0.862. The zero-order valence-corrected chi connectivity index (χ0v) is 14.9. The summed E-state index contributed by atoms with van der Waals surface area (Å²) in [6.45, 7) is 2.64. The lowest BCUT2D eigenvalue weighted by molar-refractivity contribution is -0.0390. The Morgan fingerprint density at radius 2 is 2.09 bits per heavy atom. The van der Waals surface area contributed by atoms with Gasteiger partial charge in [0.2, 0.25) is 5.92 Å². The predicted octanol–water partition coefficient (Wildman–Crippen LogP) is 5.30. The van der Waals surface area contributed by atoms with Crippen molar-refractivity contribution in [3.05, 3.63) is 28.5 Å². The number of imidazole rings is 1. The average molecular weight is 387 g/mol. The van der Waals surface area contributed by atoms with Crippen molar-refractivity contribution in [1.82, 2.24) is 9.55 Å². The zero-order valence-electron chi connectivity index (χ0n) is 13.4. The quantitative estimate of drug-likeness (QED) is 0.712. The van der Waals surface area contributed by atoms with Gasteiger partial charge in [-0.15, -0.1) is 0 Å². The van der Waals surface area contributed by atoms with Gasteiger partial charge in [-0.25, -0.2) is 13.8 Å². The van der Waals surface area contributed by atoms with E-state index in [1.807, 2.05) is 18.2 Å². The second kappa shape index (κ2) is 6.48. The van der Waals surface area contributed by atoms with E-state index in [1.54, 1.807) is 7.11 Å². The Hall–Kier alpha value is -1.01. The highest BCUT2D eigenvalue weighted by Gasteiger charge is 2.37. The molecule has 1 aliphatic carbocycles.